The summed E-state index contributed by atoms with van der Waals surface area (Å²) < 4.78 is 4.86. The zero-order valence-corrected chi connectivity index (χ0v) is 13.8. The average Bonchev–Trinajstić information content (AvgIpc) is 2.84. The number of hydrogen-bond acceptors (Lipinski definition) is 6. The van der Waals surface area contributed by atoms with Gasteiger partial charge in [0, 0.05) is 6.04 Å². The quantitative estimate of drug-likeness (QED) is 0.692. The maximum Gasteiger partial charge on any atom is 0.348 e. The lowest BCUT2D eigenvalue weighted by molar-refractivity contribution is 0.0605. The van der Waals surface area contributed by atoms with Crippen molar-refractivity contribution in [2.75, 3.05) is 12.4 Å². The monoisotopic (exact) mass is 317 g/mol. The van der Waals surface area contributed by atoms with Crippen molar-refractivity contribution in [3.63, 3.8) is 0 Å². The molecular weight excluding hydrogens is 298 g/mol. The van der Waals surface area contributed by atoms with Crippen LogP contribution in [-0.4, -0.2) is 29.1 Å². The Morgan fingerprint density at radius 3 is 2.86 bits per heavy atom. The van der Waals surface area contributed by atoms with Crippen molar-refractivity contribution in [1.82, 2.24) is 9.97 Å². The number of aryl methyl sites for hydroxylation is 2. The summed E-state index contributed by atoms with van der Waals surface area (Å²) in [5.41, 5.74) is 0.890. The smallest absolute Gasteiger partial charge is 0.348 e. The Morgan fingerprint density at radius 1 is 1.36 bits per heavy atom. The Bertz CT molecular complexity index is 751. The minimum absolute atomic E-state index is 0.315. The van der Waals surface area contributed by atoms with Crippen molar-refractivity contribution in [3.8, 4) is 0 Å². The van der Waals surface area contributed by atoms with Gasteiger partial charge >= 0.3 is 5.97 Å². The molecule has 1 unspecified atom stereocenters. The molecule has 0 radical (unpaired) electrons. The summed E-state index contributed by atoms with van der Waals surface area (Å²) in [6, 6.07) is 0.378. The first-order valence-electron chi connectivity index (χ1n) is 7.37. The Balaban J connectivity index is 2.06. The van der Waals surface area contributed by atoms with Gasteiger partial charge in [0.2, 0.25) is 0 Å². The molecule has 5 nitrogen and oxygen atoms in total. The molecule has 0 aliphatic heterocycles. The number of allylic oxidation sites excluding steroid dienone is 1. The van der Waals surface area contributed by atoms with Gasteiger partial charge in [-0.15, -0.1) is 11.3 Å². The van der Waals surface area contributed by atoms with Crippen LogP contribution in [0.25, 0.3) is 10.2 Å². The van der Waals surface area contributed by atoms with Gasteiger partial charge in [-0.1, -0.05) is 12.2 Å². The number of carbonyl (C=O) groups excluding carboxylic acids is 1. The summed E-state index contributed by atoms with van der Waals surface area (Å²) in [5.74, 6) is 1.22. The normalized spacial score (nSPS) is 17.7. The summed E-state index contributed by atoms with van der Waals surface area (Å²) >= 11 is 1.37. The van der Waals surface area contributed by atoms with E-state index in [1.54, 1.807) is 0 Å². The molecule has 2 heterocycles. The molecule has 0 aromatic carbocycles. The Labute approximate surface area is 133 Å². The maximum atomic E-state index is 11.9. The van der Waals surface area contributed by atoms with Crippen molar-refractivity contribution >= 4 is 33.3 Å². The van der Waals surface area contributed by atoms with Crippen LogP contribution in [0.1, 0.15) is 40.3 Å². The molecule has 1 aliphatic carbocycles. The second-order valence-corrected chi connectivity index (χ2v) is 6.47. The van der Waals surface area contributed by atoms with Crippen LogP contribution in [-0.2, 0) is 4.74 Å². The molecule has 1 N–H and O–H groups in total. The Kier molecular flexibility index (Phi) is 4.11. The van der Waals surface area contributed by atoms with E-state index in [2.05, 4.69) is 27.4 Å². The number of esters is 1. The van der Waals surface area contributed by atoms with E-state index in [4.69, 9.17) is 4.74 Å². The molecule has 3 rings (SSSR count). The number of anilines is 1. The van der Waals surface area contributed by atoms with Crippen LogP contribution in [0.2, 0.25) is 0 Å². The number of fused-ring (bicyclic) bond motifs is 1. The van der Waals surface area contributed by atoms with Gasteiger partial charge in [0.1, 0.15) is 21.3 Å². The molecule has 0 spiro atoms. The molecule has 0 saturated heterocycles. The van der Waals surface area contributed by atoms with E-state index in [1.165, 1.54) is 18.4 Å². The molecule has 2 aromatic heterocycles. The van der Waals surface area contributed by atoms with Crippen LogP contribution in [0.4, 0.5) is 5.82 Å². The zero-order chi connectivity index (χ0) is 15.7. The first-order valence-corrected chi connectivity index (χ1v) is 8.19. The van der Waals surface area contributed by atoms with E-state index in [9.17, 15) is 4.79 Å². The van der Waals surface area contributed by atoms with E-state index in [0.717, 1.165) is 40.9 Å². The highest BCUT2D eigenvalue weighted by Crippen LogP contribution is 2.35. The third-order valence-corrected chi connectivity index (χ3v) is 5.05. The first-order chi connectivity index (χ1) is 10.6. The van der Waals surface area contributed by atoms with Gasteiger partial charge < -0.3 is 10.1 Å². The van der Waals surface area contributed by atoms with Gasteiger partial charge in [0.05, 0.1) is 12.5 Å². The fraction of sp³-hybridized carbons (Fsp3) is 0.438. The van der Waals surface area contributed by atoms with E-state index < -0.39 is 0 Å². The van der Waals surface area contributed by atoms with E-state index >= 15 is 0 Å². The lowest BCUT2D eigenvalue weighted by Gasteiger charge is -2.20. The molecular formula is C16H19N3O2S. The van der Waals surface area contributed by atoms with Crippen molar-refractivity contribution in [1.29, 1.82) is 0 Å². The van der Waals surface area contributed by atoms with E-state index in [-0.39, 0.29) is 5.97 Å². The first kappa shape index (κ1) is 15.0. The van der Waals surface area contributed by atoms with Crippen molar-refractivity contribution in [2.24, 2.45) is 0 Å². The second-order valence-electron chi connectivity index (χ2n) is 5.47. The molecule has 0 saturated carbocycles. The molecule has 22 heavy (non-hydrogen) atoms. The summed E-state index contributed by atoms with van der Waals surface area (Å²) in [6.45, 7) is 3.80. The SMILES string of the molecule is COC(=O)c1sc2nc(C)nc(NC3CC=CCC3)c2c1C. The molecule has 2 aromatic rings. The third kappa shape index (κ3) is 2.70. The van der Waals surface area contributed by atoms with Crippen molar-refractivity contribution in [2.45, 2.75) is 39.2 Å². The van der Waals surface area contributed by atoms with Crippen LogP contribution < -0.4 is 5.32 Å². The lowest BCUT2D eigenvalue weighted by atomic mass is 10.0. The molecule has 1 aliphatic rings. The fourth-order valence-electron chi connectivity index (χ4n) is 2.76. The number of rotatable bonds is 3. The molecule has 0 fully saturated rings. The van der Waals surface area contributed by atoms with Crippen molar-refractivity contribution < 1.29 is 9.53 Å². The van der Waals surface area contributed by atoms with Gasteiger partial charge in [-0.3, -0.25) is 0 Å². The number of thiophene rings is 1. The summed E-state index contributed by atoms with van der Waals surface area (Å²) in [4.78, 5) is 22.4. The van der Waals surface area contributed by atoms with Gasteiger partial charge in [-0.25, -0.2) is 14.8 Å². The summed E-state index contributed by atoms with van der Waals surface area (Å²) in [5, 5.41) is 4.46. The lowest BCUT2D eigenvalue weighted by Crippen LogP contribution is -2.21. The average molecular weight is 317 g/mol. The molecule has 116 valence electrons. The highest BCUT2D eigenvalue weighted by atomic mass is 32.1. The van der Waals surface area contributed by atoms with Gasteiger partial charge in [0.15, 0.2) is 0 Å². The fourth-order valence-corrected chi connectivity index (χ4v) is 3.90. The Morgan fingerprint density at radius 2 is 2.18 bits per heavy atom. The van der Waals surface area contributed by atoms with Gasteiger partial charge in [0.25, 0.3) is 0 Å². The highest BCUT2D eigenvalue weighted by Gasteiger charge is 2.21. The van der Waals surface area contributed by atoms with E-state index in [1.807, 2.05) is 13.8 Å². The summed E-state index contributed by atoms with van der Waals surface area (Å²) in [6.07, 6.45) is 7.59. The topological polar surface area (TPSA) is 64.1 Å². The minimum Gasteiger partial charge on any atom is -0.465 e. The number of nitrogens with one attached hydrogen (secondary N) is 1. The number of nitrogens with zero attached hydrogens (tertiary/aromatic N) is 2. The van der Waals surface area contributed by atoms with Crippen LogP contribution in [0.5, 0.6) is 0 Å². The number of carbonyl (C=O) groups is 1. The van der Waals surface area contributed by atoms with Gasteiger partial charge in [-0.2, -0.15) is 0 Å². The largest absolute Gasteiger partial charge is 0.465 e. The Hall–Kier alpha value is -1.95. The zero-order valence-electron chi connectivity index (χ0n) is 13.0. The maximum absolute atomic E-state index is 11.9. The third-order valence-electron chi connectivity index (χ3n) is 3.88. The molecule has 0 bridgehead atoms. The molecule has 1 atom stereocenters. The van der Waals surface area contributed by atoms with Crippen LogP contribution in [0, 0.1) is 13.8 Å². The predicted molar refractivity (Wildman–Crippen MR) is 88.6 cm³/mol. The highest BCUT2D eigenvalue weighted by molar-refractivity contribution is 7.20. The number of hydrogen-bond donors (Lipinski definition) is 1. The van der Waals surface area contributed by atoms with E-state index in [0.29, 0.717) is 16.7 Å². The number of methoxy groups -OCH3 is 1. The minimum atomic E-state index is -0.315. The predicted octanol–water partition coefficient (Wildman–Crippen LogP) is 3.62. The second kappa shape index (κ2) is 6.04. The van der Waals surface area contributed by atoms with Crippen LogP contribution >= 0.6 is 11.3 Å². The van der Waals surface area contributed by atoms with Crippen molar-refractivity contribution in [3.05, 3.63) is 28.4 Å². The van der Waals surface area contributed by atoms with Crippen LogP contribution in [0.15, 0.2) is 12.2 Å². The molecule has 6 heteroatoms. The number of ether oxygens (including phenoxy) is 1. The van der Waals surface area contributed by atoms with Crippen LogP contribution in [0.3, 0.4) is 0 Å². The summed E-state index contributed by atoms with van der Waals surface area (Å²) in [7, 11) is 1.40. The molecule has 0 amide bonds. The standard InChI is InChI=1S/C16H19N3O2S/c1-9-12-14(19-11-7-5-4-6-8-11)17-10(2)18-15(12)22-13(9)16(20)21-3/h4-5,11H,6-8H2,1-3H3,(H,17,18,19). The van der Waals surface area contributed by atoms with Gasteiger partial charge in [-0.05, 0) is 38.7 Å². The number of aromatic nitrogens is 2.